The summed E-state index contributed by atoms with van der Waals surface area (Å²) in [4.78, 5) is 0. The molecule has 0 bridgehead atoms. The van der Waals surface area contributed by atoms with Gasteiger partial charge in [-0.1, -0.05) is 68.7 Å². The van der Waals surface area contributed by atoms with Crippen LogP contribution in [0.2, 0.25) is 0 Å². The van der Waals surface area contributed by atoms with Crippen LogP contribution in [0.25, 0.3) is 5.57 Å². The predicted molar refractivity (Wildman–Crippen MR) is 114 cm³/mol. The van der Waals surface area contributed by atoms with E-state index in [2.05, 4.69) is 36.9 Å². The Hall–Kier alpha value is -2.68. The first-order chi connectivity index (χ1) is 13.7. The van der Waals surface area contributed by atoms with Crippen molar-refractivity contribution in [3.63, 3.8) is 0 Å². The number of ether oxygens (including phenoxy) is 3. The zero-order valence-corrected chi connectivity index (χ0v) is 16.9. The highest BCUT2D eigenvalue weighted by Gasteiger charge is 2.15. The minimum Gasteiger partial charge on any atom is -0.504 e. The summed E-state index contributed by atoms with van der Waals surface area (Å²) in [6, 6.07) is 16.6. The second-order valence-electron chi connectivity index (χ2n) is 7.34. The Morgan fingerprint density at radius 1 is 1.04 bits per heavy atom. The van der Waals surface area contributed by atoms with E-state index in [0.717, 1.165) is 28.4 Å². The first kappa shape index (κ1) is 20.1. The summed E-state index contributed by atoms with van der Waals surface area (Å²) in [5, 5.41) is 0. The molecule has 1 fully saturated rings. The van der Waals surface area contributed by atoms with Crippen molar-refractivity contribution in [3.05, 3.63) is 83.8 Å². The quantitative estimate of drug-likeness (QED) is 0.387. The third-order valence-corrected chi connectivity index (χ3v) is 5.41. The molecule has 148 valence electrons. The molecule has 0 radical (unpaired) electrons. The second kappa shape index (κ2) is 10.0. The molecule has 3 heteroatoms. The van der Waals surface area contributed by atoms with Gasteiger partial charge in [0.15, 0.2) is 0 Å². The van der Waals surface area contributed by atoms with Crippen LogP contribution in [0, 0.1) is 5.92 Å². The van der Waals surface area contributed by atoms with E-state index in [9.17, 15) is 0 Å². The van der Waals surface area contributed by atoms with Crippen molar-refractivity contribution in [2.45, 2.75) is 38.7 Å². The number of rotatable bonds is 9. The fourth-order valence-electron chi connectivity index (χ4n) is 3.85. The van der Waals surface area contributed by atoms with Crippen LogP contribution in [0.15, 0.2) is 67.1 Å². The van der Waals surface area contributed by atoms with Gasteiger partial charge < -0.3 is 14.2 Å². The number of methoxy groups -OCH3 is 2. The Balaban J connectivity index is 1.67. The van der Waals surface area contributed by atoms with E-state index < -0.39 is 0 Å². The van der Waals surface area contributed by atoms with E-state index in [1.165, 1.54) is 37.7 Å². The maximum Gasteiger partial charge on any atom is 0.122 e. The van der Waals surface area contributed by atoms with Gasteiger partial charge in [-0.05, 0) is 41.2 Å². The van der Waals surface area contributed by atoms with Crippen LogP contribution in [-0.4, -0.2) is 14.2 Å². The first-order valence-electron chi connectivity index (χ1n) is 9.97. The lowest BCUT2D eigenvalue weighted by molar-refractivity contribution is 0.300. The van der Waals surface area contributed by atoms with Gasteiger partial charge in [0.1, 0.15) is 18.1 Å². The molecule has 3 rings (SSSR count). The molecule has 0 atom stereocenters. The van der Waals surface area contributed by atoms with Crippen molar-refractivity contribution in [1.82, 2.24) is 0 Å². The Kier molecular flexibility index (Phi) is 7.18. The lowest BCUT2D eigenvalue weighted by atomic mass is 9.98. The van der Waals surface area contributed by atoms with E-state index in [1.54, 1.807) is 20.5 Å². The molecule has 1 aliphatic carbocycles. The summed E-state index contributed by atoms with van der Waals surface area (Å²) in [5.74, 6) is 2.30. The molecular weight excluding hydrogens is 348 g/mol. The van der Waals surface area contributed by atoms with Gasteiger partial charge in [-0.3, -0.25) is 0 Å². The summed E-state index contributed by atoms with van der Waals surface area (Å²) in [7, 11) is 3.23. The smallest absolute Gasteiger partial charge is 0.122 e. The van der Waals surface area contributed by atoms with Gasteiger partial charge in [-0.15, -0.1) is 0 Å². The van der Waals surface area contributed by atoms with Gasteiger partial charge in [0, 0.05) is 0 Å². The second-order valence-corrected chi connectivity index (χ2v) is 7.34. The summed E-state index contributed by atoms with van der Waals surface area (Å²) < 4.78 is 16.6. The third-order valence-electron chi connectivity index (χ3n) is 5.41. The number of benzene rings is 2. The van der Waals surface area contributed by atoms with E-state index >= 15 is 0 Å². The van der Waals surface area contributed by atoms with Gasteiger partial charge in [0.25, 0.3) is 0 Å². The minimum atomic E-state index is 0.468. The molecule has 0 spiro atoms. The number of hydrogen-bond donors (Lipinski definition) is 0. The van der Waals surface area contributed by atoms with Crippen molar-refractivity contribution in [1.29, 1.82) is 0 Å². The zero-order chi connectivity index (χ0) is 19.8. The van der Waals surface area contributed by atoms with Crippen LogP contribution in [0.3, 0.4) is 0 Å². The fraction of sp³-hybridized carbons (Fsp3) is 0.360. The summed E-state index contributed by atoms with van der Waals surface area (Å²) in [5.41, 5.74) is 4.27. The maximum absolute atomic E-state index is 6.06. The average molecular weight is 379 g/mol. The topological polar surface area (TPSA) is 27.7 Å². The van der Waals surface area contributed by atoms with Gasteiger partial charge in [-0.25, -0.2) is 0 Å². The van der Waals surface area contributed by atoms with Crippen molar-refractivity contribution < 1.29 is 14.2 Å². The molecule has 0 unspecified atom stereocenters. The molecule has 28 heavy (non-hydrogen) atoms. The molecule has 0 saturated heterocycles. The minimum absolute atomic E-state index is 0.468. The number of hydrogen-bond acceptors (Lipinski definition) is 3. The van der Waals surface area contributed by atoms with E-state index in [1.807, 2.05) is 18.2 Å². The van der Waals surface area contributed by atoms with Crippen molar-refractivity contribution in [2.24, 2.45) is 5.92 Å². The summed E-state index contributed by atoms with van der Waals surface area (Å²) in [6.45, 7) is 4.44. The zero-order valence-electron chi connectivity index (χ0n) is 16.9. The fourth-order valence-corrected chi connectivity index (χ4v) is 3.85. The largest absolute Gasteiger partial charge is 0.504 e. The highest BCUT2D eigenvalue weighted by molar-refractivity contribution is 5.77. The van der Waals surface area contributed by atoms with Crippen LogP contribution < -0.4 is 4.74 Å². The lowest BCUT2D eigenvalue weighted by Crippen LogP contribution is -2.02. The molecule has 1 saturated carbocycles. The lowest BCUT2D eigenvalue weighted by Gasteiger charge is -2.15. The van der Waals surface area contributed by atoms with Gasteiger partial charge in [0.2, 0.25) is 0 Å². The first-order valence-corrected chi connectivity index (χ1v) is 9.97. The highest BCUT2D eigenvalue weighted by atomic mass is 16.5. The molecule has 0 aromatic heterocycles. The van der Waals surface area contributed by atoms with Gasteiger partial charge >= 0.3 is 0 Å². The molecular formula is C25H30O3. The van der Waals surface area contributed by atoms with Crippen molar-refractivity contribution >= 4 is 5.57 Å². The molecule has 0 amide bonds. The van der Waals surface area contributed by atoms with E-state index in [4.69, 9.17) is 14.2 Å². The molecule has 2 aromatic carbocycles. The Bertz CT molecular complexity index is 799. The Morgan fingerprint density at radius 2 is 1.75 bits per heavy atom. The van der Waals surface area contributed by atoms with Crippen LogP contribution in [0.4, 0.5) is 0 Å². The van der Waals surface area contributed by atoms with Crippen molar-refractivity contribution in [2.75, 3.05) is 14.2 Å². The third kappa shape index (κ3) is 5.19. The molecule has 2 aromatic rings. The maximum atomic E-state index is 6.06. The summed E-state index contributed by atoms with van der Waals surface area (Å²) >= 11 is 0. The van der Waals surface area contributed by atoms with Crippen LogP contribution >= 0.6 is 0 Å². The molecule has 1 aliphatic rings. The Morgan fingerprint density at radius 3 is 2.43 bits per heavy atom. The van der Waals surface area contributed by atoms with E-state index in [0.29, 0.717) is 12.4 Å². The average Bonchev–Trinajstić information content (AvgIpc) is 3.24. The highest BCUT2D eigenvalue weighted by Crippen LogP contribution is 2.29. The molecule has 0 heterocycles. The molecule has 0 N–H and O–H groups in total. The number of allylic oxidation sites excluding steroid dienone is 1. The standard InChI is InChI=1S/C25H30O3/c1-19(27-3)25(18-26-2)24-11-7-6-10-22(24)17-28-23-14-12-21(13-15-23)16-20-8-4-5-9-20/h6-7,10-15,18,20H,1,4-5,8-9,16-17H2,2-3H3/b25-18-. The van der Waals surface area contributed by atoms with Crippen LogP contribution in [0.1, 0.15) is 42.4 Å². The predicted octanol–water partition coefficient (Wildman–Crippen LogP) is 6.15. The monoisotopic (exact) mass is 378 g/mol. The van der Waals surface area contributed by atoms with E-state index in [-0.39, 0.29) is 0 Å². The molecule has 3 nitrogen and oxygen atoms in total. The molecule has 0 aliphatic heterocycles. The van der Waals surface area contributed by atoms with Gasteiger partial charge in [-0.2, -0.15) is 0 Å². The Labute approximate surface area is 168 Å². The SMILES string of the molecule is C=C(OC)/C(=C/OC)c1ccccc1COc1ccc(CC2CCCC2)cc1. The van der Waals surface area contributed by atoms with Crippen LogP contribution in [0.5, 0.6) is 5.75 Å². The normalized spacial score (nSPS) is 14.7. The van der Waals surface area contributed by atoms with Gasteiger partial charge in [0.05, 0.1) is 26.1 Å². The van der Waals surface area contributed by atoms with Crippen LogP contribution in [-0.2, 0) is 22.5 Å². The summed E-state index contributed by atoms with van der Waals surface area (Å²) in [6.07, 6.45) is 8.37. The van der Waals surface area contributed by atoms with Crippen molar-refractivity contribution in [3.8, 4) is 5.75 Å².